The van der Waals surface area contributed by atoms with Crippen molar-refractivity contribution in [2.75, 3.05) is 19.8 Å². The van der Waals surface area contributed by atoms with Gasteiger partial charge < -0.3 is 25.1 Å². The molecule has 0 unspecified atom stereocenters. The topological polar surface area (TPSA) is 122 Å². The number of aliphatic hydroxyl groups excluding tert-OH is 1. The summed E-state index contributed by atoms with van der Waals surface area (Å²) in [5.41, 5.74) is 2.03. The van der Waals surface area contributed by atoms with Gasteiger partial charge in [0, 0.05) is 11.6 Å². The largest absolute Gasteiger partial charge is 0.521 e. The average Bonchev–Trinajstić information content (AvgIpc) is 2.51. The number of ether oxygens (including phenoxy) is 1. The van der Waals surface area contributed by atoms with Crippen LogP contribution < -0.4 is 10.1 Å². The van der Waals surface area contributed by atoms with Gasteiger partial charge in [-0.15, -0.1) is 0 Å². The molecule has 0 fully saturated rings. The number of hydrogen-bond acceptors (Lipinski definition) is 6. The number of nitrogens with one attached hydrogen (secondary N) is 1. The van der Waals surface area contributed by atoms with Crippen LogP contribution in [-0.4, -0.2) is 52.3 Å². The second-order valence-corrected chi connectivity index (χ2v) is 4.14. The van der Waals surface area contributed by atoms with E-state index < -0.39 is 5.97 Å². The summed E-state index contributed by atoms with van der Waals surface area (Å²) in [6.45, 7) is 1.85. The van der Waals surface area contributed by atoms with Crippen molar-refractivity contribution >= 4 is 23.3 Å². The van der Waals surface area contributed by atoms with E-state index in [1.165, 1.54) is 12.0 Å². The van der Waals surface area contributed by atoms with Gasteiger partial charge in [-0.25, -0.2) is 4.98 Å². The van der Waals surface area contributed by atoms with Gasteiger partial charge in [0.25, 0.3) is 0 Å². The molecular weight excluding hydrogens is 547 g/mol. The maximum absolute atomic E-state index is 9.52. The second kappa shape index (κ2) is 10.1. The number of carbonyl (C=O) groups is 1. The van der Waals surface area contributed by atoms with Gasteiger partial charge in [0.1, 0.15) is 6.61 Å². The Bertz CT molecular complexity index is 639. The van der Waals surface area contributed by atoms with Gasteiger partial charge in [-0.1, -0.05) is 11.6 Å². The molecule has 0 saturated heterocycles. The monoisotopic (exact) mass is 563 g/mol. The molecule has 8 nitrogen and oxygen atoms in total. The van der Waals surface area contributed by atoms with E-state index in [1.54, 1.807) is 6.20 Å². The van der Waals surface area contributed by atoms with E-state index in [0.29, 0.717) is 6.01 Å². The van der Waals surface area contributed by atoms with Crippen LogP contribution >= 0.6 is 0 Å². The number of fused-ring (bicyclic) bond motifs is 1. The molecule has 1 aromatic carbocycles. The van der Waals surface area contributed by atoms with Crippen molar-refractivity contribution in [3.8, 4) is 6.01 Å². The molecule has 9 heteroatoms. The molecule has 2 aromatic rings. The van der Waals surface area contributed by atoms with Gasteiger partial charge in [0.2, 0.25) is 0 Å². The zero-order valence-electron chi connectivity index (χ0n) is 12.2. The van der Waals surface area contributed by atoms with Crippen molar-refractivity contribution in [2.45, 2.75) is 6.92 Å². The molecule has 0 atom stereocenters. The maximum Gasteiger partial charge on any atom is 0.320 e. The van der Waals surface area contributed by atoms with Crippen molar-refractivity contribution in [1.29, 1.82) is 0 Å². The number of amides is 1. The molecule has 0 bridgehead atoms. The number of carboxylic acid groups (broad SMARTS) is 1. The molecule has 130 valence electrons. The van der Waals surface area contributed by atoms with Gasteiger partial charge in [0.05, 0.1) is 18.7 Å². The Morgan fingerprint density at radius 3 is 2.74 bits per heavy atom. The molecule has 0 saturated carbocycles. The minimum atomic E-state index is -1.07. The third-order valence-electron chi connectivity index (χ3n) is 2.35. The van der Waals surface area contributed by atoms with E-state index in [4.69, 9.17) is 14.9 Å². The Morgan fingerprint density at radius 1 is 1.43 bits per heavy atom. The van der Waals surface area contributed by atoms with Crippen LogP contribution in [0.3, 0.4) is 0 Å². The number of aliphatic hydroxyl groups is 1. The van der Waals surface area contributed by atoms with Crippen LogP contribution in [0.2, 0.25) is 0 Å². The predicted molar refractivity (Wildman–Crippen MR) is 78.2 cm³/mol. The Morgan fingerprint density at radius 2 is 2.17 bits per heavy atom. The number of aryl methyl sites for hydroxylation is 1. The van der Waals surface area contributed by atoms with Crippen molar-refractivity contribution in [2.24, 2.45) is 0 Å². The molecule has 2 rings (SSSR count). The molecule has 1 aromatic heterocycles. The summed E-state index contributed by atoms with van der Waals surface area (Å²) in [4.78, 5) is 27.0. The molecular formula is C14H16FmN3O5-. The molecule has 0 radical (unpaired) electrons. The van der Waals surface area contributed by atoms with Crippen LogP contribution in [0.4, 0.5) is 0 Å². The third kappa shape index (κ3) is 7.00. The number of hydrogen-bond donors (Lipinski definition) is 3. The van der Waals surface area contributed by atoms with Gasteiger partial charge >= 0.3 is 12.0 Å². The third-order valence-corrected chi connectivity index (χ3v) is 2.35. The Balaban J connectivity index is 0.000000522. The fraction of sp³-hybridized carbons (Fsp3) is 0.286. The maximum atomic E-state index is 9.52. The van der Waals surface area contributed by atoms with E-state index in [2.05, 4.69) is 9.97 Å². The average molecular weight is 563 g/mol. The van der Waals surface area contributed by atoms with Crippen LogP contribution in [-0.2, 0) is 9.59 Å². The molecule has 0 spiro atoms. The minimum absolute atomic E-state index is 0. The summed E-state index contributed by atoms with van der Waals surface area (Å²) >= 11 is 0. The smallest absolute Gasteiger partial charge is 0.320 e. The first kappa shape index (κ1) is 19.3. The molecule has 1 heterocycles. The predicted octanol–water partition coefficient (Wildman–Crippen LogP) is 0.0371. The minimum Gasteiger partial charge on any atom is -0.521 e. The first-order valence-electron chi connectivity index (χ1n) is 6.35. The fourth-order valence-corrected chi connectivity index (χ4v) is 1.45. The zero-order valence-corrected chi connectivity index (χ0v) is 14.6. The number of aromatic nitrogens is 2. The number of benzene rings is 1. The SMILES string of the molecule is Cc1ccc2nc(OCCO)ncc2c1.O=[C-]NCC(=O)O.[Fm]. The summed E-state index contributed by atoms with van der Waals surface area (Å²) in [6.07, 6.45) is 2.94. The number of rotatable bonds is 6. The van der Waals surface area contributed by atoms with Gasteiger partial charge in [-0.2, -0.15) is 11.4 Å². The van der Waals surface area contributed by atoms with E-state index in [1.807, 2.05) is 30.4 Å². The number of aliphatic carboxylic acids is 1. The van der Waals surface area contributed by atoms with Crippen LogP contribution in [0.5, 0.6) is 6.01 Å². The van der Waals surface area contributed by atoms with E-state index in [9.17, 15) is 9.59 Å². The normalized spacial score (nSPS) is 9.13. The summed E-state index contributed by atoms with van der Waals surface area (Å²) in [6, 6.07) is 6.24. The van der Waals surface area contributed by atoms with Crippen LogP contribution in [0.15, 0.2) is 24.4 Å². The van der Waals surface area contributed by atoms with Gasteiger partial charge in [0.15, 0.2) is 0 Å². The number of nitrogens with zero attached hydrogens (tertiary/aromatic N) is 2. The quantitative estimate of drug-likeness (QED) is 0.335. The van der Waals surface area contributed by atoms with E-state index in [-0.39, 0.29) is 19.8 Å². The molecule has 3 N–H and O–H groups in total. The summed E-state index contributed by atoms with van der Waals surface area (Å²) in [5.74, 6) is -1.07. The molecule has 1 amide bonds. The summed E-state index contributed by atoms with van der Waals surface area (Å²) in [5, 5.41) is 19.2. The Kier molecular flexibility index (Phi) is 8.42. The van der Waals surface area contributed by atoms with Crippen molar-refractivity contribution in [1.82, 2.24) is 15.3 Å². The summed E-state index contributed by atoms with van der Waals surface area (Å²) < 4.78 is 5.12. The van der Waals surface area contributed by atoms with Crippen LogP contribution in [0.25, 0.3) is 10.9 Å². The Hall–Kier alpha value is -3.74. The summed E-state index contributed by atoms with van der Waals surface area (Å²) in [7, 11) is 0. The van der Waals surface area contributed by atoms with Crippen molar-refractivity contribution in [3.63, 3.8) is 0 Å². The van der Waals surface area contributed by atoms with Crippen molar-refractivity contribution in [3.05, 3.63) is 30.0 Å². The molecule has 0 aliphatic rings. The number of carboxylic acids is 1. The van der Waals surface area contributed by atoms with Crippen molar-refractivity contribution < 1.29 is 24.5 Å². The fourth-order valence-electron chi connectivity index (χ4n) is 1.45. The first-order chi connectivity index (χ1) is 10.6. The zero-order chi connectivity index (χ0) is 16.4. The van der Waals surface area contributed by atoms with Crippen LogP contribution in [0.1, 0.15) is 5.56 Å². The standard InChI is InChI=1S/C11H12N2O2.C3H4NO3.Fm/c1-8-2-3-10-9(6-8)7-12-11(13-10)15-5-4-14;5-2-4-1-3(6)7;/h2-3,6-7,14H,4-5H2,1H3;1H2,(H,4,5)(H,6,7);/q;-1;. The first-order valence-corrected chi connectivity index (χ1v) is 6.35. The molecule has 23 heavy (non-hydrogen) atoms. The van der Waals surface area contributed by atoms with E-state index >= 15 is 0 Å². The number of carbonyl (C=O) groups excluding carboxylic acids is 1. The van der Waals surface area contributed by atoms with Crippen LogP contribution in [0, 0.1) is 6.92 Å². The van der Waals surface area contributed by atoms with Gasteiger partial charge in [-0.3, -0.25) is 4.79 Å². The second-order valence-electron chi connectivity index (χ2n) is 4.14. The molecule has 0 aliphatic carbocycles. The van der Waals surface area contributed by atoms with E-state index in [0.717, 1.165) is 10.9 Å². The van der Waals surface area contributed by atoms with Gasteiger partial charge in [-0.05, 0) is 19.1 Å². The molecule has 0 aliphatic heterocycles. The Labute approximate surface area is 126 Å².